The monoisotopic (exact) mass is 619 g/mol. The van der Waals surface area contributed by atoms with Crippen LogP contribution < -0.4 is 26.0 Å². The molecule has 0 saturated heterocycles. The zero-order valence-corrected chi connectivity index (χ0v) is 27.0. The largest absolute Gasteiger partial charge is 0.488 e. The van der Waals surface area contributed by atoms with E-state index in [-0.39, 0.29) is 30.5 Å². The van der Waals surface area contributed by atoms with E-state index in [4.69, 9.17) is 9.84 Å². The van der Waals surface area contributed by atoms with Crippen molar-refractivity contribution in [1.82, 2.24) is 20.1 Å². The topological polar surface area (TPSA) is 122 Å². The molecule has 0 spiro atoms. The van der Waals surface area contributed by atoms with Crippen LogP contribution in [0, 0.1) is 6.92 Å². The molecular formula is C36H41N7O3. The molecule has 5 rings (SSSR count). The minimum absolute atomic E-state index is 0.147. The zero-order valence-electron chi connectivity index (χ0n) is 27.0. The number of anilines is 3. The fraction of sp³-hybridized carbons (Fsp3) is 0.278. The summed E-state index contributed by atoms with van der Waals surface area (Å²) in [6.45, 7) is 11.6. The number of nitrogens with zero attached hydrogens (tertiary/aromatic N) is 3. The van der Waals surface area contributed by atoms with E-state index in [1.54, 1.807) is 16.9 Å². The molecule has 0 bridgehead atoms. The second-order valence-corrected chi connectivity index (χ2v) is 12.2. The van der Waals surface area contributed by atoms with Crippen LogP contribution in [0.4, 0.5) is 22.1 Å². The summed E-state index contributed by atoms with van der Waals surface area (Å²) in [7, 11) is 0. The van der Waals surface area contributed by atoms with Crippen molar-refractivity contribution < 1.29 is 14.3 Å². The van der Waals surface area contributed by atoms with Crippen molar-refractivity contribution in [2.45, 2.75) is 53.1 Å². The van der Waals surface area contributed by atoms with Crippen molar-refractivity contribution in [2.75, 3.05) is 29.0 Å². The molecule has 0 aliphatic heterocycles. The third-order valence-corrected chi connectivity index (χ3v) is 7.33. The minimum Gasteiger partial charge on any atom is -0.488 e. The Balaban J connectivity index is 1.30. The normalized spacial score (nSPS) is 11.3. The molecule has 0 saturated carbocycles. The van der Waals surface area contributed by atoms with E-state index in [1.807, 2.05) is 86.6 Å². The molecule has 0 radical (unpaired) electrons. The first-order chi connectivity index (χ1) is 22.1. The molecule has 0 aliphatic rings. The third-order valence-electron chi connectivity index (χ3n) is 7.33. The van der Waals surface area contributed by atoms with E-state index in [9.17, 15) is 9.59 Å². The van der Waals surface area contributed by atoms with Crippen LogP contribution in [-0.4, -0.2) is 39.8 Å². The third kappa shape index (κ3) is 8.08. The maximum Gasteiger partial charge on any atom is 0.324 e. The number of aryl methyl sites for hydroxylation is 1. The lowest BCUT2D eigenvalue weighted by molar-refractivity contribution is -0.115. The van der Waals surface area contributed by atoms with Crippen LogP contribution in [-0.2, 0) is 16.8 Å². The molecule has 46 heavy (non-hydrogen) atoms. The number of carbonyl (C=O) groups excluding carboxylic acids is 2. The highest BCUT2D eigenvalue weighted by molar-refractivity contribution is 6.07. The van der Waals surface area contributed by atoms with Gasteiger partial charge in [-0.05, 0) is 61.9 Å². The molecule has 2 aromatic heterocycles. The highest BCUT2D eigenvalue weighted by Gasteiger charge is 2.22. The molecule has 0 fully saturated rings. The van der Waals surface area contributed by atoms with Crippen LogP contribution in [0.5, 0.6) is 5.75 Å². The summed E-state index contributed by atoms with van der Waals surface area (Å²) in [6, 6.07) is 24.6. The molecule has 238 valence electrons. The molecule has 5 aromatic rings. The van der Waals surface area contributed by atoms with E-state index in [0.717, 1.165) is 46.2 Å². The Labute approximate surface area is 269 Å². The summed E-state index contributed by atoms with van der Waals surface area (Å²) < 4.78 is 7.97. The number of carbonyl (C=O) groups is 2. The van der Waals surface area contributed by atoms with E-state index in [1.165, 1.54) is 0 Å². The number of aromatic nitrogens is 3. The van der Waals surface area contributed by atoms with Gasteiger partial charge in [0.05, 0.1) is 23.6 Å². The van der Waals surface area contributed by atoms with E-state index in [0.29, 0.717) is 23.1 Å². The van der Waals surface area contributed by atoms with Crippen LogP contribution in [0.25, 0.3) is 16.5 Å². The number of fused-ring (bicyclic) bond motifs is 1. The smallest absolute Gasteiger partial charge is 0.324 e. The lowest BCUT2D eigenvalue weighted by atomic mass is 9.92. The summed E-state index contributed by atoms with van der Waals surface area (Å²) in [6.07, 6.45) is 2.60. The van der Waals surface area contributed by atoms with Gasteiger partial charge in [-0.25, -0.2) is 14.5 Å². The maximum atomic E-state index is 13.4. The molecule has 10 heteroatoms. The minimum atomic E-state index is -0.385. The van der Waals surface area contributed by atoms with E-state index in [2.05, 4.69) is 47.0 Å². The number of hydrogen-bond donors (Lipinski definition) is 4. The van der Waals surface area contributed by atoms with Gasteiger partial charge in [0.1, 0.15) is 24.0 Å². The summed E-state index contributed by atoms with van der Waals surface area (Å²) in [5, 5.41) is 18.4. The summed E-state index contributed by atoms with van der Waals surface area (Å²) in [4.78, 5) is 29.8. The van der Waals surface area contributed by atoms with Crippen LogP contribution in [0.15, 0.2) is 85.1 Å². The number of ether oxygens (including phenoxy) is 1. The Morgan fingerprint density at radius 3 is 2.39 bits per heavy atom. The Morgan fingerprint density at radius 1 is 0.891 bits per heavy atom. The number of rotatable bonds is 11. The molecule has 0 aliphatic carbocycles. The Morgan fingerprint density at radius 2 is 1.65 bits per heavy atom. The lowest BCUT2D eigenvalue weighted by Crippen LogP contribution is -2.28. The zero-order chi connectivity index (χ0) is 32.7. The fourth-order valence-electron chi connectivity index (χ4n) is 4.85. The SMILES string of the molecule is CCCNCC(=O)Nc1cc(COc2ccc(NC(=O)Nc3cc(C(C)(C)C)nn3-c3ccc(C)cc3)c3ccccc23)ccn1. The van der Waals surface area contributed by atoms with Gasteiger partial charge in [-0.15, -0.1) is 0 Å². The van der Waals surface area contributed by atoms with Crippen molar-refractivity contribution in [2.24, 2.45) is 0 Å². The average molecular weight is 620 g/mol. The first-order valence-electron chi connectivity index (χ1n) is 15.5. The van der Waals surface area contributed by atoms with Crippen LogP contribution in [0.1, 0.15) is 50.9 Å². The Kier molecular flexibility index (Phi) is 9.97. The van der Waals surface area contributed by atoms with Gasteiger partial charge >= 0.3 is 6.03 Å². The number of nitrogens with one attached hydrogen (secondary N) is 4. The summed E-state index contributed by atoms with van der Waals surface area (Å²) in [5.74, 6) is 1.56. The van der Waals surface area contributed by atoms with E-state index < -0.39 is 0 Å². The molecule has 10 nitrogen and oxygen atoms in total. The molecule has 3 aromatic carbocycles. The van der Waals surface area contributed by atoms with Crippen LogP contribution in [0.2, 0.25) is 0 Å². The number of urea groups is 1. The second kappa shape index (κ2) is 14.3. The van der Waals surface area contributed by atoms with Crippen LogP contribution >= 0.6 is 0 Å². The summed E-state index contributed by atoms with van der Waals surface area (Å²) >= 11 is 0. The molecule has 0 atom stereocenters. The molecule has 2 heterocycles. The van der Waals surface area contributed by atoms with E-state index >= 15 is 0 Å². The predicted octanol–water partition coefficient (Wildman–Crippen LogP) is 7.19. The predicted molar refractivity (Wildman–Crippen MR) is 184 cm³/mol. The second-order valence-electron chi connectivity index (χ2n) is 12.2. The quantitative estimate of drug-likeness (QED) is 0.116. The molecule has 0 unspecified atom stereocenters. The summed E-state index contributed by atoms with van der Waals surface area (Å²) in [5.41, 5.74) is 4.16. The average Bonchev–Trinajstić information content (AvgIpc) is 3.45. The van der Waals surface area contributed by atoms with Crippen molar-refractivity contribution in [1.29, 1.82) is 0 Å². The van der Waals surface area contributed by atoms with Gasteiger partial charge in [-0.3, -0.25) is 10.1 Å². The van der Waals surface area contributed by atoms with Gasteiger partial charge < -0.3 is 20.7 Å². The first-order valence-corrected chi connectivity index (χ1v) is 15.5. The first kappa shape index (κ1) is 32.2. The fourth-order valence-corrected chi connectivity index (χ4v) is 4.85. The number of benzene rings is 3. The maximum absolute atomic E-state index is 13.4. The highest BCUT2D eigenvalue weighted by atomic mass is 16.5. The Hall–Kier alpha value is -5.22. The number of pyridine rings is 1. The standard InChI is InChI=1S/C36H41N7O3/c1-6-18-37-22-34(44)40-32-20-25(17-19-38-32)23-46-30-16-15-29(27-9-7-8-10-28(27)30)39-35(45)41-33-21-31(36(3,4)5)42-43(33)26-13-11-24(2)12-14-26/h7-17,19-21,37H,6,18,22-23H2,1-5H3,(H,38,40,44)(H2,39,41,45). The van der Waals surface area contributed by atoms with Crippen molar-refractivity contribution in [3.05, 3.63) is 102 Å². The van der Waals surface area contributed by atoms with Crippen molar-refractivity contribution >= 4 is 40.0 Å². The van der Waals surface area contributed by atoms with Crippen LogP contribution in [0.3, 0.4) is 0 Å². The molecular weight excluding hydrogens is 578 g/mol. The van der Waals surface area contributed by atoms with Gasteiger partial charge in [0.2, 0.25) is 5.91 Å². The van der Waals surface area contributed by atoms with Gasteiger partial charge in [0.15, 0.2) is 0 Å². The van der Waals surface area contributed by atoms with Gasteiger partial charge in [-0.1, -0.05) is 69.7 Å². The molecule has 4 N–H and O–H groups in total. The lowest BCUT2D eigenvalue weighted by Gasteiger charge is -2.15. The highest BCUT2D eigenvalue weighted by Crippen LogP contribution is 2.33. The molecule has 3 amide bonds. The van der Waals surface area contributed by atoms with Crippen molar-refractivity contribution in [3.8, 4) is 11.4 Å². The number of hydrogen-bond acceptors (Lipinski definition) is 6. The van der Waals surface area contributed by atoms with Gasteiger partial charge in [0.25, 0.3) is 0 Å². The van der Waals surface area contributed by atoms with Crippen molar-refractivity contribution in [3.63, 3.8) is 0 Å². The van der Waals surface area contributed by atoms with Gasteiger partial charge in [0, 0.05) is 28.5 Å². The Bertz CT molecular complexity index is 1820. The van der Waals surface area contributed by atoms with Gasteiger partial charge in [-0.2, -0.15) is 5.10 Å². The number of amides is 3.